The van der Waals surface area contributed by atoms with Gasteiger partial charge in [0.25, 0.3) is 0 Å². The number of sulfone groups is 1. The molecule has 2 aromatic heterocycles. The highest BCUT2D eigenvalue weighted by atomic mass is 32.2. The minimum absolute atomic E-state index is 0.0502. The lowest BCUT2D eigenvalue weighted by molar-refractivity contribution is 0.0452. The van der Waals surface area contributed by atoms with Crippen molar-refractivity contribution in [3.8, 4) is 5.75 Å². The molecule has 3 aromatic rings. The molecule has 0 radical (unpaired) electrons. The number of ether oxygens (including phenoxy) is 2. The number of esters is 1. The highest BCUT2D eigenvalue weighted by Crippen LogP contribution is 2.41. The van der Waals surface area contributed by atoms with Crippen LogP contribution in [-0.4, -0.2) is 53.9 Å². The summed E-state index contributed by atoms with van der Waals surface area (Å²) < 4.78 is 37.1. The molecule has 3 heterocycles. The zero-order valence-electron chi connectivity index (χ0n) is 18.8. The van der Waals surface area contributed by atoms with Gasteiger partial charge in [0.2, 0.25) is 0 Å². The van der Waals surface area contributed by atoms with Gasteiger partial charge in [-0.15, -0.1) is 0 Å². The lowest BCUT2D eigenvalue weighted by Gasteiger charge is -2.12. The van der Waals surface area contributed by atoms with Crippen LogP contribution in [-0.2, 0) is 14.6 Å². The van der Waals surface area contributed by atoms with Crippen LogP contribution in [0, 0.1) is 13.8 Å². The molecule has 33 heavy (non-hydrogen) atoms. The summed E-state index contributed by atoms with van der Waals surface area (Å²) in [6.07, 6.45) is 2.56. The maximum Gasteiger partial charge on any atom is 0.339 e. The number of hydrogen-bond acceptors (Lipinski definition) is 7. The number of nitrogens with zero attached hydrogens (tertiary/aromatic N) is 3. The number of rotatable bonds is 7. The Morgan fingerprint density at radius 1 is 1.15 bits per heavy atom. The van der Waals surface area contributed by atoms with Crippen LogP contribution in [0.15, 0.2) is 30.3 Å². The molecule has 1 aliphatic carbocycles. The molecule has 1 aliphatic heterocycles. The minimum atomic E-state index is -3.08. The first kappa shape index (κ1) is 21.9. The predicted molar refractivity (Wildman–Crippen MR) is 124 cm³/mol. The third-order valence-corrected chi connectivity index (χ3v) is 8.04. The number of fused-ring (bicyclic) bond motifs is 1. The van der Waals surface area contributed by atoms with Gasteiger partial charge in [0.05, 0.1) is 34.2 Å². The monoisotopic (exact) mass is 469 g/mol. The Morgan fingerprint density at radius 2 is 1.94 bits per heavy atom. The van der Waals surface area contributed by atoms with Crippen molar-refractivity contribution in [3.05, 3.63) is 52.8 Å². The van der Waals surface area contributed by atoms with Gasteiger partial charge in [0.15, 0.2) is 15.5 Å². The van der Waals surface area contributed by atoms with E-state index in [2.05, 4.69) is 5.10 Å². The first-order valence-electron chi connectivity index (χ1n) is 11.3. The van der Waals surface area contributed by atoms with Crippen molar-refractivity contribution in [1.82, 2.24) is 14.8 Å². The smallest absolute Gasteiger partial charge is 0.339 e. The van der Waals surface area contributed by atoms with Crippen molar-refractivity contribution >= 4 is 26.8 Å². The standard InChI is InChI=1S/C24H27N3O5S/c1-15-5-3-4-6-21(15)31-10-11-32-24(28)19-13-20(17-7-8-17)25-23-22(19)16(2)26-27(23)18-9-12-33(29,30)14-18/h3-6,13,17-18H,7-12,14H2,1-2H3. The third-order valence-electron chi connectivity index (χ3n) is 6.29. The zero-order chi connectivity index (χ0) is 23.2. The number of aryl methyl sites for hydroxylation is 2. The number of para-hydroxylation sites is 1. The predicted octanol–water partition coefficient (Wildman–Crippen LogP) is 3.52. The maximum atomic E-state index is 13.1. The molecular weight excluding hydrogens is 442 g/mol. The van der Waals surface area contributed by atoms with Gasteiger partial charge < -0.3 is 9.47 Å². The summed E-state index contributed by atoms with van der Waals surface area (Å²) in [5.74, 6) is 0.838. The molecule has 1 aromatic carbocycles. The maximum absolute atomic E-state index is 13.1. The largest absolute Gasteiger partial charge is 0.490 e. The van der Waals surface area contributed by atoms with Crippen LogP contribution >= 0.6 is 0 Å². The topological polar surface area (TPSA) is 100 Å². The van der Waals surface area contributed by atoms with E-state index < -0.39 is 15.8 Å². The fourth-order valence-electron chi connectivity index (χ4n) is 4.39. The van der Waals surface area contributed by atoms with Gasteiger partial charge in [-0.2, -0.15) is 5.10 Å². The van der Waals surface area contributed by atoms with E-state index in [1.165, 1.54) is 0 Å². The summed E-state index contributed by atoms with van der Waals surface area (Å²) >= 11 is 0. The molecule has 8 nitrogen and oxygen atoms in total. The summed E-state index contributed by atoms with van der Waals surface area (Å²) in [5, 5.41) is 5.24. The van der Waals surface area contributed by atoms with Crippen LogP contribution in [0.4, 0.5) is 0 Å². The number of benzene rings is 1. The van der Waals surface area contributed by atoms with E-state index in [-0.39, 0.29) is 30.8 Å². The molecule has 1 saturated carbocycles. The van der Waals surface area contributed by atoms with Gasteiger partial charge in [0.1, 0.15) is 19.0 Å². The van der Waals surface area contributed by atoms with Crippen LogP contribution in [0.1, 0.15) is 58.5 Å². The fourth-order valence-corrected chi connectivity index (χ4v) is 6.08. The summed E-state index contributed by atoms with van der Waals surface area (Å²) in [5.41, 5.74) is 3.51. The third kappa shape index (κ3) is 4.46. The average molecular weight is 470 g/mol. The number of hydrogen-bond donors (Lipinski definition) is 0. The average Bonchev–Trinajstić information content (AvgIpc) is 3.50. The molecule has 2 fully saturated rings. The van der Waals surface area contributed by atoms with Gasteiger partial charge >= 0.3 is 5.97 Å². The first-order valence-corrected chi connectivity index (χ1v) is 13.1. The lowest BCUT2D eigenvalue weighted by atomic mass is 10.1. The van der Waals surface area contributed by atoms with Crippen molar-refractivity contribution in [2.45, 2.75) is 45.1 Å². The van der Waals surface area contributed by atoms with Crippen molar-refractivity contribution in [3.63, 3.8) is 0 Å². The van der Waals surface area contributed by atoms with Gasteiger partial charge in [-0.1, -0.05) is 18.2 Å². The normalized spacial score (nSPS) is 19.6. The lowest BCUT2D eigenvalue weighted by Crippen LogP contribution is -2.15. The highest BCUT2D eigenvalue weighted by Gasteiger charge is 2.34. The van der Waals surface area contributed by atoms with E-state index in [9.17, 15) is 13.2 Å². The van der Waals surface area contributed by atoms with Crippen molar-refractivity contribution in [1.29, 1.82) is 0 Å². The molecule has 0 N–H and O–H groups in total. The summed E-state index contributed by atoms with van der Waals surface area (Å²) in [4.78, 5) is 17.9. The Bertz CT molecular complexity index is 1330. The molecule has 0 spiro atoms. The van der Waals surface area contributed by atoms with E-state index in [4.69, 9.17) is 14.5 Å². The number of pyridine rings is 1. The van der Waals surface area contributed by atoms with Gasteiger partial charge in [-0.05, 0) is 50.8 Å². The molecule has 1 saturated heterocycles. The Morgan fingerprint density at radius 3 is 2.64 bits per heavy atom. The van der Waals surface area contributed by atoms with E-state index in [1.807, 2.05) is 44.2 Å². The van der Waals surface area contributed by atoms with Crippen LogP contribution in [0.25, 0.3) is 11.0 Å². The first-order chi connectivity index (χ1) is 15.8. The molecule has 5 rings (SSSR count). The molecule has 1 atom stereocenters. The Labute approximate surface area is 192 Å². The molecule has 0 bridgehead atoms. The van der Waals surface area contributed by atoms with Crippen molar-refractivity contribution < 1.29 is 22.7 Å². The van der Waals surface area contributed by atoms with Crippen molar-refractivity contribution in [2.24, 2.45) is 0 Å². The quantitative estimate of drug-likeness (QED) is 0.385. The number of carbonyl (C=O) groups is 1. The van der Waals surface area contributed by atoms with E-state index in [0.717, 1.165) is 29.8 Å². The fraction of sp³-hybridized carbons (Fsp3) is 0.458. The van der Waals surface area contributed by atoms with Gasteiger partial charge in [-0.25, -0.2) is 22.9 Å². The summed E-state index contributed by atoms with van der Waals surface area (Å²) in [7, 11) is -3.08. The van der Waals surface area contributed by atoms with Crippen LogP contribution in [0.2, 0.25) is 0 Å². The SMILES string of the molecule is Cc1ccccc1OCCOC(=O)c1cc(C2CC2)nc2c1c(C)nn2C1CCS(=O)(=O)C1. The Hall–Kier alpha value is -2.94. The van der Waals surface area contributed by atoms with Gasteiger partial charge in [0, 0.05) is 11.6 Å². The second-order valence-electron chi connectivity index (χ2n) is 8.90. The summed E-state index contributed by atoms with van der Waals surface area (Å²) in [6.45, 7) is 4.14. The zero-order valence-corrected chi connectivity index (χ0v) is 19.6. The van der Waals surface area contributed by atoms with E-state index in [1.54, 1.807) is 4.68 Å². The Balaban J connectivity index is 1.40. The highest BCUT2D eigenvalue weighted by molar-refractivity contribution is 7.91. The molecule has 1 unspecified atom stereocenters. The van der Waals surface area contributed by atoms with E-state index >= 15 is 0 Å². The van der Waals surface area contributed by atoms with E-state index in [0.29, 0.717) is 34.6 Å². The molecular formula is C24H27N3O5S. The van der Waals surface area contributed by atoms with Gasteiger partial charge in [-0.3, -0.25) is 0 Å². The van der Waals surface area contributed by atoms with Crippen LogP contribution < -0.4 is 4.74 Å². The number of aromatic nitrogens is 3. The summed E-state index contributed by atoms with van der Waals surface area (Å²) in [6, 6.07) is 9.24. The van der Waals surface area contributed by atoms with Crippen molar-refractivity contribution in [2.75, 3.05) is 24.7 Å². The molecule has 174 valence electrons. The van der Waals surface area contributed by atoms with Crippen LogP contribution in [0.3, 0.4) is 0 Å². The van der Waals surface area contributed by atoms with Crippen LogP contribution in [0.5, 0.6) is 5.75 Å². The second-order valence-corrected chi connectivity index (χ2v) is 11.1. The Kier molecular flexibility index (Phi) is 5.60. The molecule has 2 aliphatic rings. The molecule has 9 heteroatoms. The minimum Gasteiger partial charge on any atom is -0.490 e. The molecule has 0 amide bonds. The number of carbonyl (C=O) groups excluding carboxylic acids is 1. The second kappa shape index (κ2) is 8.44.